The monoisotopic (exact) mass is 476 g/mol. The summed E-state index contributed by atoms with van der Waals surface area (Å²) in [5, 5.41) is 0. The first-order valence-electron chi connectivity index (χ1n) is 11.1. The van der Waals surface area contributed by atoms with Gasteiger partial charge in [0.05, 0.1) is 17.0 Å². The molecule has 2 amide bonds. The van der Waals surface area contributed by atoms with Crippen LogP contribution in [0.4, 0.5) is 0 Å². The van der Waals surface area contributed by atoms with Crippen LogP contribution in [0.15, 0.2) is 77.8 Å². The molecule has 0 saturated carbocycles. The number of piperazine rings is 1. The number of rotatable bonds is 6. The molecule has 0 spiro atoms. The van der Waals surface area contributed by atoms with Crippen molar-refractivity contribution in [3.8, 4) is 0 Å². The first kappa shape index (κ1) is 22.4. The fourth-order valence-corrected chi connectivity index (χ4v) is 5.75. The lowest BCUT2D eigenvalue weighted by atomic mass is 10.2. The van der Waals surface area contributed by atoms with E-state index in [2.05, 4.69) is 22.0 Å². The molecule has 2 aliphatic heterocycles. The van der Waals surface area contributed by atoms with Crippen LogP contribution < -0.4 is 0 Å². The molecule has 2 aromatic carbocycles. The first-order valence-corrected chi connectivity index (χ1v) is 12.5. The van der Waals surface area contributed by atoms with Crippen LogP contribution in [0.1, 0.15) is 32.0 Å². The SMILES string of the molecule is O=C1c2cccnc2C(=O)N1Cc1ccc(S(=O)(=O)N2CCN(Cc3ccccc3)CC2)cc1. The number of fused-ring (bicyclic) bond motifs is 1. The lowest BCUT2D eigenvalue weighted by Gasteiger charge is -2.34. The summed E-state index contributed by atoms with van der Waals surface area (Å²) in [5.41, 5.74) is 2.32. The largest absolute Gasteiger partial charge is 0.296 e. The van der Waals surface area contributed by atoms with Gasteiger partial charge in [-0.25, -0.2) is 8.42 Å². The highest BCUT2D eigenvalue weighted by Crippen LogP contribution is 2.24. The number of nitrogens with zero attached hydrogens (tertiary/aromatic N) is 4. The summed E-state index contributed by atoms with van der Waals surface area (Å²) >= 11 is 0. The molecule has 1 aromatic heterocycles. The van der Waals surface area contributed by atoms with Gasteiger partial charge in [-0.05, 0) is 35.4 Å². The zero-order valence-corrected chi connectivity index (χ0v) is 19.3. The van der Waals surface area contributed by atoms with Gasteiger partial charge in [0.15, 0.2) is 0 Å². The van der Waals surface area contributed by atoms with Gasteiger partial charge in [-0.15, -0.1) is 0 Å². The number of sulfonamides is 1. The van der Waals surface area contributed by atoms with E-state index < -0.39 is 21.8 Å². The molecular weight excluding hydrogens is 452 g/mol. The average Bonchev–Trinajstić information content (AvgIpc) is 3.10. The van der Waals surface area contributed by atoms with Crippen LogP contribution >= 0.6 is 0 Å². The lowest BCUT2D eigenvalue weighted by Crippen LogP contribution is -2.48. The highest BCUT2D eigenvalue weighted by Gasteiger charge is 2.36. The maximum absolute atomic E-state index is 13.1. The summed E-state index contributed by atoms with van der Waals surface area (Å²) in [6.45, 7) is 3.06. The number of carbonyl (C=O) groups excluding carboxylic acids is 2. The minimum absolute atomic E-state index is 0.0620. The van der Waals surface area contributed by atoms with Crippen molar-refractivity contribution in [3.63, 3.8) is 0 Å². The van der Waals surface area contributed by atoms with E-state index in [9.17, 15) is 18.0 Å². The van der Waals surface area contributed by atoms with Crippen molar-refractivity contribution in [2.75, 3.05) is 26.2 Å². The number of aromatic nitrogens is 1. The molecule has 2 aliphatic rings. The summed E-state index contributed by atoms with van der Waals surface area (Å²) in [6, 6.07) is 19.7. The van der Waals surface area contributed by atoms with Gasteiger partial charge >= 0.3 is 0 Å². The number of pyridine rings is 1. The topological polar surface area (TPSA) is 90.9 Å². The Morgan fingerprint density at radius 1 is 0.735 bits per heavy atom. The van der Waals surface area contributed by atoms with Crippen LogP contribution in [0.5, 0.6) is 0 Å². The summed E-state index contributed by atoms with van der Waals surface area (Å²) in [5.74, 6) is -0.830. The van der Waals surface area contributed by atoms with Crippen molar-refractivity contribution in [1.82, 2.24) is 19.1 Å². The molecule has 0 aliphatic carbocycles. The molecule has 0 bridgehead atoms. The predicted octanol–water partition coefficient (Wildman–Crippen LogP) is 2.38. The Morgan fingerprint density at radius 2 is 1.41 bits per heavy atom. The quantitative estimate of drug-likeness (QED) is 0.508. The Balaban J connectivity index is 1.22. The number of carbonyl (C=O) groups is 2. The number of hydrogen-bond donors (Lipinski definition) is 0. The molecule has 5 rings (SSSR count). The molecule has 34 heavy (non-hydrogen) atoms. The number of benzene rings is 2. The van der Waals surface area contributed by atoms with Gasteiger partial charge < -0.3 is 0 Å². The minimum atomic E-state index is -3.62. The van der Waals surface area contributed by atoms with Crippen LogP contribution in [-0.4, -0.2) is 65.5 Å². The van der Waals surface area contributed by atoms with E-state index in [1.807, 2.05) is 18.2 Å². The summed E-state index contributed by atoms with van der Waals surface area (Å²) in [4.78, 5) is 32.7. The molecule has 8 nitrogen and oxygen atoms in total. The second-order valence-corrected chi connectivity index (χ2v) is 10.3. The van der Waals surface area contributed by atoms with E-state index in [-0.39, 0.29) is 22.7 Å². The zero-order valence-electron chi connectivity index (χ0n) is 18.5. The van der Waals surface area contributed by atoms with Crippen molar-refractivity contribution in [1.29, 1.82) is 0 Å². The van der Waals surface area contributed by atoms with E-state index in [1.54, 1.807) is 24.3 Å². The van der Waals surface area contributed by atoms with Crippen molar-refractivity contribution in [2.45, 2.75) is 18.0 Å². The van der Waals surface area contributed by atoms with E-state index >= 15 is 0 Å². The molecule has 1 saturated heterocycles. The third-order valence-corrected chi connectivity index (χ3v) is 8.13. The Morgan fingerprint density at radius 3 is 2.09 bits per heavy atom. The van der Waals surface area contributed by atoms with Crippen molar-refractivity contribution < 1.29 is 18.0 Å². The molecule has 3 aromatic rings. The fourth-order valence-electron chi connectivity index (χ4n) is 4.33. The highest BCUT2D eigenvalue weighted by molar-refractivity contribution is 7.89. The standard InChI is InChI=1S/C25H24N4O4S/c30-24-22-7-4-12-26-23(22)25(31)29(24)18-20-8-10-21(11-9-20)34(32,33)28-15-13-27(14-16-28)17-19-5-2-1-3-6-19/h1-12H,13-18H2. The molecule has 0 N–H and O–H groups in total. The van der Waals surface area contributed by atoms with Crippen molar-refractivity contribution >= 4 is 21.8 Å². The maximum Gasteiger partial charge on any atom is 0.280 e. The molecule has 0 radical (unpaired) electrons. The number of imide groups is 1. The Labute approximate surface area is 198 Å². The van der Waals surface area contributed by atoms with E-state index in [4.69, 9.17) is 0 Å². The van der Waals surface area contributed by atoms with Gasteiger partial charge in [0.2, 0.25) is 10.0 Å². The van der Waals surface area contributed by atoms with Gasteiger partial charge in [0.25, 0.3) is 11.8 Å². The summed E-state index contributed by atoms with van der Waals surface area (Å²) in [6.07, 6.45) is 1.48. The minimum Gasteiger partial charge on any atom is -0.296 e. The number of hydrogen-bond acceptors (Lipinski definition) is 6. The Bertz CT molecular complexity index is 1280. The summed E-state index contributed by atoms with van der Waals surface area (Å²) in [7, 11) is -3.62. The molecular formula is C25H24N4O4S. The third kappa shape index (κ3) is 4.25. The smallest absolute Gasteiger partial charge is 0.280 e. The Kier molecular flexibility index (Phi) is 5.99. The highest BCUT2D eigenvalue weighted by atomic mass is 32.2. The molecule has 0 atom stereocenters. The van der Waals surface area contributed by atoms with Gasteiger partial charge in [-0.1, -0.05) is 42.5 Å². The fraction of sp³-hybridized carbons (Fsp3) is 0.240. The van der Waals surface area contributed by atoms with Crippen LogP contribution in [0.2, 0.25) is 0 Å². The van der Waals surface area contributed by atoms with Gasteiger partial charge in [-0.3, -0.25) is 24.4 Å². The first-order chi connectivity index (χ1) is 16.4. The average molecular weight is 477 g/mol. The third-order valence-electron chi connectivity index (χ3n) is 6.21. The van der Waals surface area contributed by atoms with Gasteiger partial charge in [0.1, 0.15) is 5.69 Å². The normalized spacial score (nSPS) is 17.2. The lowest BCUT2D eigenvalue weighted by molar-refractivity contribution is 0.0640. The predicted molar refractivity (Wildman–Crippen MR) is 125 cm³/mol. The van der Waals surface area contributed by atoms with Gasteiger partial charge in [0, 0.05) is 38.9 Å². The van der Waals surface area contributed by atoms with Crippen molar-refractivity contribution in [3.05, 3.63) is 95.3 Å². The van der Waals surface area contributed by atoms with Crippen LogP contribution in [0.25, 0.3) is 0 Å². The number of amides is 2. The van der Waals surface area contributed by atoms with E-state index in [0.717, 1.165) is 11.4 Å². The van der Waals surface area contributed by atoms with Crippen LogP contribution in [0, 0.1) is 0 Å². The van der Waals surface area contributed by atoms with E-state index in [0.29, 0.717) is 31.7 Å². The second-order valence-electron chi connectivity index (χ2n) is 8.41. The zero-order chi connectivity index (χ0) is 23.7. The second kappa shape index (κ2) is 9.09. The molecule has 9 heteroatoms. The van der Waals surface area contributed by atoms with E-state index in [1.165, 1.54) is 28.2 Å². The molecule has 1 fully saturated rings. The van der Waals surface area contributed by atoms with Crippen LogP contribution in [0.3, 0.4) is 0 Å². The summed E-state index contributed by atoms with van der Waals surface area (Å²) < 4.78 is 27.8. The molecule has 0 unspecified atom stereocenters. The maximum atomic E-state index is 13.1. The molecule has 3 heterocycles. The van der Waals surface area contributed by atoms with Crippen molar-refractivity contribution in [2.24, 2.45) is 0 Å². The Hall–Kier alpha value is -3.40. The van der Waals surface area contributed by atoms with Gasteiger partial charge in [-0.2, -0.15) is 4.31 Å². The molecule has 174 valence electrons. The van der Waals surface area contributed by atoms with Crippen LogP contribution in [-0.2, 0) is 23.1 Å².